The van der Waals surface area contributed by atoms with E-state index in [-0.39, 0.29) is 11.8 Å². The molecule has 1 aliphatic heterocycles. The Kier molecular flexibility index (Phi) is 6.74. The Labute approximate surface area is 145 Å². The zero-order chi connectivity index (χ0) is 17.6. The van der Waals surface area contributed by atoms with Crippen LogP contribution < -0.4 is 9.62 Å². The first-order chi connectivity index (χ1) is 11.4. The van der Waals surface area contributed by atoms with Crippen molar-refractivity contribution in [2.24, 2.45) is 0 Å². The van der Waals surface area contributed by atoms with Crippen LogP contribution in [0.15, 0.2) is 18.9 Å². The first-order valence-electron chi connectivity index (χ1n) is 8.62. The summed E-state index contributed by atoms with van der Waals surface area (Å²) in [7, 11) is -3.37. The molecule has 1 aromatic rings. The van der Waals surface area contributed by atoms with Crippen molar-refractivity contribution in [3.05, 3.63) is 30.1 Å². The van der Waals surface area contributed by atoms with Gasteiger partial charge in [-0.3, -0.25) is 0 Å². The van der Waals surface area contributed by atoms with Gasteiger partial charge in [0.15, 0.2) is 0 Å². The minimum atomic E-state index is -3.37. The van der Waals surface area contributed by atoms with Gasteiger partial charge in [-0.2, -0.15) is 0 Å². The van der Waals surface area contributed by atoms with Crippen molar-refractivity contribution in [2.45, 2.75) is 52.0 Å². The van der Waals surface area contributed by atoms with E-state index in [0.717, 1.165) is 30.3 Å². The standard InChI is InChI=1S/C17H28N4O2S/c1-4-12-24(22,23)20-15(3)16-13-18-17(19-14(16)2)21-10-8-6-5-7-9-11-21/h4,13,15,20H,1,5-12H2,2-3H3. The second-order valence-electron chi connectivity index (χ2n) is 6.38. The molecule has 2 rings (SSSR count). The Hall–Kier alpha value is -1.47. The lowest BCUT2D eigenvalue weighted by Gasteiger charge is -2.25. The predicted octanol–water partition coefficient (Wildman–Crippen LogP) is 2.72. The highest BCUT2D eigenvalue weighted by Crippen LogP contribution is 2.20. The smallest absolute Gasteiger partial charge is 0.225 e. The van der Waals surface area contributed by atoms with Crippen molar-refractivity contribution in [3.8, 4) is 0 Å². The molecule has 0 amide bonds. The van der Waals surface area contributed by atoms with E-state index in [1.54, 1.807) is 6.20 Å². The van der Waals surface area contributed by atoms with E-state index in [1.165, 1.54) is 38.2 Å². The topological polar surface area (TPSA) is 75.2 Å². The lowest BCUT2D eigenvalue weighted by molar-refractivity contribution is 0.549. The number of nitrogens with zero attached hydrogens (tertiary/aromatic N) is 3. The van der Waals surface area contributed by atoms with Crippen molar-refractivity contribution in [1.29, 1.82) is 0 Å². The molecule has 0 aliphatic carbocycles. The molecular weight excluding hydrogens is 324 g/mol. The van der Waals surface area contributed by atoms with Gasteiger partial charge in [0.1, 0.15) is 0 Å². The van der Waals surface area contributed by atoms with Crippen LogP contribution in [-0.4, -0.2) is 37.2 Å². The molecule has 2 heterocycles. The summed E-state index contributed by atoms with van der Waals surface area (Å²) >= 11 is 0. The first kappa shape index (κ1) is 18.9. The third-order valence-electron chi connectivity index (χ3n) is 4.30. The highest BCUT2D eigenvalue weighted by Gasteiger charge is 2.19. The van der Waals surface area contributed by atoms with Gasteiger partial charge in [-0.1, -0.05) is 25.3 Å². The molecule has 1 aromatic heterocycles. The number of hydrogen-bond acceptors (Lipinski definition) is 5. The van der Waals surface area contributed by atoms with E-state index in [9.17, 15) is 8.42 Å². The average molecular weight is 353 g/mol. The number of anilines is 1. The zero-order valence-electron chi connectivity index (χ0n) is 14.7. The number of sulfonamides is 1. The summed E-state index contributed by atoms with van der Waals surface area (Å²) in [5, 5.41) is 0. The summed E-state index contributed by atoms with van der Waals surface area (Å²) in [6, 6.07) is -0.365. The fourth-order valence-corrected chi connectivity index (χ4v) is 4.10. The molecule has 0 radical (unpaired) electrons. The molecule has 0 bridgehead atoms. The first-order valence-corrected chi connectivity index (χ1v) is 10.3. The zero-order valence-corrected chi connectivity index (χ0v) is 15.5. The van der Waals surface area contributed by atoms with Crippen LogP contribution in [0.2, 0.25) is 0 Å². The minimum absolute atomic E-state index is 0.0941. The van der Waals surface area contributed by atoms with Gasteiger partial charge in [0.2, 0.25) is 16.0 Å². The maximum absolute atomic E-state index is 11.9. The Morgan fingerprint density at radius 2 is 1.92 bits per heavy atom. The highest BCUT2D eigenvalue weighted by molar-refractivity contribution is 7.89. The van der Waals surface area contributed by atoms with E-state index >= 15 is 0 Å². The number of aromatic nitrogens is 2. The molecule has 7 heteroatoms. The van der Waals surface area contributed by atoms with Crippen LogP contribution >= 0.6 is 0 Å². The fourth-order valence-electron chi connectivity index (χ4n) is 3.03. The van der Waals surface area contributed by atoms with Crippen molar-refractivity contribution in [3.63, 3.8) is 0 Å². The summed E-state index contributed by atoms with van der Waals surface area (Å²) < 4.78 is 26.4. The van der Waals surface area contributed by atoms with Crippen LogP contribution in [0.4, 0.5) is 5.95 Å². The van der Waals surface area contributed by atoms with Gasteiger partial charge in [-0.25, -0.2) is 23.1 Å². The van der Waals surface area contributed by atoms with Crippen molar-refractivity contribution in [2.75, 3.05) is 23.7 Å². The molecule has 1 N–H and O–H groups in total. The van der Waals surface area contributed by atoms with Crippen LogP contribution in [0, 0.1) is 6.92 Å². The van der Waals surface area contributed by atoms with Crippen molar-refractivity contribution >= 4 is 16.0 Å². The number of nitrogens with one attached hydrogen (secondary N) is 1. The molecule has 24 heavy (non-hydrogen) atoms. The summed E-state index contributed by atoms with van der Waals surface area (Å²) in [6.07, 6.45) is 9.30. The maximum atomic E-state index is 11.9. The van der Waals surface area contributed by atoms with E-state index in [1.807, 2.05) is 13.8 Å². The minimum Gasteiger partial charge on any atom is -0.341 e. The van der Waals surface area contributed by atoms with E-state index in [0.29, 0.717) is 0 Å². The molecule has 1 aliphatic rings. The monoisotopic (exact) mass is 352 g/mol. The van der Waals surface area contributed by atoms with Gasteiger partial charge in [0.05, 0.1) is 5.75 Å². The average Bonchev–Trinajstić information content (AvgIpc) is 2.45. The van der Waals surface area contributed by atoms with E-state index in [4.69, 9.17) is 0 Å². The van der Waals surface area contributed by atoms with Gasteiger partial charge in [0.25, 0.3) is 0 Å². The van der Waals surface area contributed by atoms with Gasteiger partial charge in [0, 0.05) is 36.6 Å². The Morgan fingerprint density at radius 1 is 1.29 bits per heavy atom. The van der Waals surface area contributed by atoms with Crippen LogP contribution in [0.5, 0.6) is 0 Å². The SMILES string of the molecule is C=CCS(=O)(=O)NC(C)c1cnc(N2CCCCCCC2)nc1C. The second kappa shape index (κ2) is 8.58. The number of hydrogen-bond donors (Lipinski definition) is 1. The largest absolute Gasteiger partial charge is 0.341 e. The van der Waals surface area contributed by atoms with Gasteiger partial charge in [-0.05, 0) is 26.7 Å². The lowest BCUT2D eigenvalue weighted by atomic mass is 10.1. The van der Waals surface area contributed by atoms with Crippen molar-refractivity contribution in [1.82, 2.24) is 14.7 Å². The molecule has 6 nitrogen and oxygen atoms in total. The van der Waals surface area contributed by atoms with Gasteiger partial charge < -0.3 is 4.90 Å². The molecule has 1 unspecified atom stereocenters. The molecule has 1 fully saturated rings. The summed E-state index contributed by atoms with van der Waals surface area (Å²) in [4.78, 5) is 11.4. The molecule has 0 aromatic carbocycles. The quantitative estimate of drug-likeness (QED) is 0.797. The third-order valence-corrected chi connectivity index (χ3v) is 5.69. The number of rotatable bonds is 6. The Balaban J connectivity index is 2.12. The normalized spacial score (nSPS) is 17.8. The summed E-state index contributed by atoms with van der Waals surface area (Å²) in [5.74, 6) is 0.655. The molecule has 0 saturated carbocycles. The maximum Gasteiger partial charge on any atom is 0.225 e. The lowest BCUT2D eigenvalue weighted by Crippen LogP contribution is -2.31. The van der Waals surface area contributed by atoms with Crippen LogP contribution in [0.25, 0.3) is 0 Å². The third kappa shape index (κ3) is 5.27. The van der Waals surface area contributed by atoms with E-state index in [2.05, 4.69) is 26.2 Å². The van der Waals surface area contributed by atoms with Crippen LogP contribution in [-0.2, 0) is 10.0 Å². The molecule has 0 spiro atoms. The molecule has 1 atom stereocenters. The highest BCUT2D eigenvalue weighted by atomic mass is 32.2. The van der Waals surface area contributed by atoms with Gasteiger partial charge >= 0.3 is 0 Å². The summed E-state index contributed by atoms with van der Waals surface area (Å²) in [5.41, 5.74) is 1.62. The Bertz CT molecular complexity index is 653. The van der Waals surface area contributed by atoms with Gasteiger partial charge in [-0.15, -0.1) is 6.58 Å². The van der Waals surface area contributed by atoms with Crippen LogP contribution in [0.1, 0.15) is 56.3 Å². The molecule has 134 valence electrons. The second-order valence-corrected chi connectivity index (χ2v) is 8.17. The predicted molar refractivity (Wildman–Crippen MR) is 97.6 cm³/mol. The van der Waals surface area contributed by atoms with Crippen LogP contribution in [0.3, 0.4) is 0 Å². The fraction of sp³-hybridized carbons (Fsp3) is 0.647. The molecular formula is C17H28N4O2S. The molecule has 1 saturated heterocycles. The van der Waals surface area contributed by atoms with Crippen molar-refractivity contribution < 1.29 is 8.42 Å². The van der Waals surface area contributed by atoms with E-state index < -0.39 is 10.0 Å². The summed E-state index contributed by atoms with van der Waals surface area (Å²) in [6.45, 7) is 9.16. The Morgan fingerprint density at radius 3 is 2.50 bits per heavy atom. The number of aryl methyl sites for hydroxylation is 1.